The molecule has 2 unspecified atom stereocenters. The first kappa shape index (κ1) is 10.7. The standard InChI is InChI=1S/C16H13NO2/c18-15-9-14-10-5-1-2-6-11(10)16(19)17(14)13-8-4-3-7-12(13)15/h1-4,7-11H,5-6H2. The van der Waals surface area contributed by atoms with Gasteiger partial charge in [0.15, 0.2) is 5.43 Å². The van der Waals surface area contributed by atoms with E-state index in [0.717, 1.165) is 24.1 Å². The number of para-hydroxylation sites is 1. The van der Waals surface area contributed by atoms with Gasteiger partial charge in [-0.25, -0.2) is 0 Å². The van der Waals surface area contributed by atoms with E-state index >= 15 is 0 Å². The molecule has 0 saturated carbocycles. The van der Waals surface area contributed by atoms with E-state index in [2.05, 4.69) is 12.2 Å². The highest BCUT2D eigenvalue weighted by Gasteiger charge is 2.40. The van der Waals surface area contributed by atoms with Gasteiger partial charge in [0.25, 0.3) is 0 Å². The highest BCUT2D eigenvalue weighted by molar-refractivity contribution is 5.96. The summed E-state index contributed by atoms with van der Waals surface area (Å²) < 4.78 is 1.76. The van der Waals surface area contributed by atoms with Crippen LogP contribution in [0.5, 0.6) is 0 Å². The van der Waals surface area contributed by atoms with Gasteiger partial charge in [-0.15, -0.1) is 0 Å². The molecule has 2 heterocycles. The Kier molecular flexibility index (Phi) is 2.07. The van der Waals surface area contributed by atoms with Crippen molar-refractivity contribution in [2.45, 2.75) is 18.8 Å². The lowest BCUT2D eigenvalue weighted by Gasteiger charge is -2.17. The van der Waals surface area contributed by atoms with Gasteiger partial charge in [0, 0.05) is 23.1 Å². The number of rotatable bonds is 0. The molecule has 0 radical (unpaired) electrons. The van der Waals surface area contributed by atoms with Gasteiger partial charge in [-0.1, -0.05) is 24.3 Å². The summed E-state index contributed by atoms with van der Waals surface area (Å²) in [5.41, 5.74) is 1.66. The van der Waals surface area contributed by atoms with Gasteiger partial charge in [0.1, 0.15) is 0 Å². The fourth-order valence-electron chi connectivity index (χ4n) is 3.39. The molecule has 2 aromatic rings. The highest BCUT2D eigenvalue weighted by Crippen LogP contribution is 2.41. The molecule has 1 aromatic heterocycles. The van der Waals surface area contributed by atoms with Crippen LogP contribution in [-0.4, -0.2) is 10.5 Å². The fraction of sp³-hybridized carbons (Fsp3) is 0.250. The second kappa shape index (κ2) is 3.67. The van der Waals surface area contributed by atoms with Crippen molar-refractivity contribution >= 4 is 16.8 Å². The summed E-state index contributed by atoms with van der Waals surface area (Å²) in [4.78, 5) is 24.8. The second-order valence-electron chi connectivity index (χ2n) is 5.28. The third-order valence-electron chi connectivity index (χ3n) is 4.30. The predicted molar refractivity (Wildman–Crippen MR) is 73.4 cm³/mol. The van der Waals surface area contributed by atoms with Gasteiger partial charge in [0.05, 0.1) is 11.4 Å². The summed E-state index contributed by atoms with van der Waals surface area (Å²) in [6.45, 7) is 0. The van der Waals surface area contributed by atoms with Crippen LogP contribution in [0.15, 0.2) is 47.3 Å². The summed E-state index contributed by atoms with van der Waals surface area (Å²) in [6, 6.07) is 9.03. The molecular formula is C16H13NO2. The Hall–Kier alpha value is -2.16. The summed E-state index contributed by atoms with van der Waals surface area (Å²) in [5.74, 6) is 0.325. The van der Waals surface area contributed by atoms with E-state index in [1.54, 1.807) is 16.7 Å². The van der Waals surface area contributed by atoms with Gasteiger partial charge < -0.3 is 0 Å². The van der Waals surface area contributed by atoms with Crippen molar-refractivity contribution < 1.29 is 4.79 Å². The lowest BCUT2D eigenvalue weighted by atomic mass is 9.83. The number of allylic oxidation sites excluding steroid dienone is 2. The van der Waals surface area contributed by atoms with Crippen molar-refractivity contribution in [2.75, 3.05) is 0 Å². The maximum absolute atomic E-state index is 12.6. The van der Waals surface area contributed by atoms with Crippen LogP contribution in [-0.2, 0) is 0 Å². The Morgan fingerprint density at radius 2 is 1.74 bits per heavy atom. The summed E-state index contributed by atoms with van der Waals surface area (Å²) in [6.07, 6.45) is 5.83. The summed E-state index contributed by atoms with van der Waals surface area (Å²) in [5, 5.41) is 0.631. The van der Waals surface area contributed by atoms with Crippen LogP contribution in [0.1, 0.15) is 29.2 Å². The van der Waals surface area contributed by atoms with Gasteiger partial charge in [-0.3, -0.25) is 14.2 Å². The van der Waals surface area contributed by atoms with Crippen LogP contribution < -0.4 is 5.43 Å². The zero-order valence-corrected chi connectivity index (χ0v) is 10.4. The Balaban J connectivity index is 2.10. The first-order chi connectivity index (χ1) is 9.27. The maximum Gasteiger partial charge on any atom is 0.235 e. The van der Waals surface area contributed by atoms with E-state index in [4.69, 9.17) is 0 Å². The molecule has 0 spiro atoms. The smallest absolute Gasteiger partial charge is 0.235 e. The molecule has 4 rings (SSSR count). The monoisotopic (exact) mass is 251 g/mol. The van der Waals surface area contributed by atoms with Crippen LogP contribution >= 0.6 is 0 Å². The normalized spacial score (nSPS) is 24.5. The Morgan fingerprint density at radius 3 is 2.58 bits per heavy atom. The van der Waals surface area contributed by atoms with Crippen LogP contribution in [0.25, 0.3) is 10.9 Å². The Morgan fingerprint density at radius 1 is 1.00 bits per heavy atom. The van der Waals surface area contributed by atoms with Crippen LogP contribution in [0.2, 0.25) is 0 Å². The minimum Gasteiger partial charge on any atom is -0.289 e. The number of pyridine rings is 1. The SMILES string of the molecule is O=C1C2CC=CCC2c2cc(=O)c3ccccc3n21. The average molecular weight is 251 g/mol. The second-order valence-corrected chi connectivity index (χ2v) is 5.28. The molecule has 2 aliphatic rings. The summed E-state index contributed by atoms with van der Waals surface area (Å²) >= 11 is 0. The molecule has 1 aromatic carbocycles. The minimum atomic E-state index is 0.00945. The molecule has 94 valence electrons. The molecule has 19 heavy (non-hydrogen) atoms. The van der Waals surface area contributed by atoms with Crippen molar-refractivity contribution in [3.63, 3.8) is 0 Å². The van der Waals surface area contributed by atoms with Crippen molar-refractivity contribution in [1.29, 1.82) is 0 Å². The maximum atomic E-state index is 12.6. The van der Waals surface area contributed by atoms with Gasteiger partial charge in [-0.2, -0.15) is 0 Å². The fourth-order valence-corrected chi connectivity index (χ4v) is 3.39. The zero-order chi connectivity index (χ0) is 13.0. The zero-order valence-electron chi connectivity index (χ0n) is 10.4. The number of fused-ring (bicyclic) bond motifs is 5. The van der Waals surface area contributed by atoms with Crippen molar-refractivity contribution in [3.8, 4) is 0 Å². The molecular weight excluding hydrogens is 238 g/mol. The number of carbonyl (C=O) groups is 1. The van der Waals surface area contributed by atoms with Crippen LogP contribution in [0.3, 0.4) is 0 Å². The van der Waals surface area contributed by atoms with E-state index in [-0.39, 0.29) is 23.2 Å². The van der Waals surface area contributed by atoms with Crippen molar-refractivity contribution in [1.82, 2.24) is 4.57 Å². The molecule has 1 aliphatic carbocycles. The molecule has 1 aliphatic heterocycles. The van der Waals surface area contributed by atoms with E-state index < -0.39 is 0 Å². The third-order valence-corrected chi connectivity index (χ3v) is 4.30. The third kappa shape index (κ3) is 1.33. The topological polar surface area (TPSA) is 39.1 Å². The lowest BCUT2D eigenvalue weighted by molar-refractivity contribution is 0.0857. The Bertz CT molecular complexity index is 785. The molecule has 3 nitrogen and oxygen atoms in total. The molecule has 0 N–H and O–H groups in total. The quantitative estimate of drug-likeness (QED) is 0.675. The van der Waals surface area contributed by atoms with Gasteiger partial charge >= 0.3 is 0 Å². The highest BCUT2D eigenvalue weighted by atomic mass is 16.2. The summed E-state index contributed by atoms with van der Waals surface area (Å²) in [7, 11) is 0. The average Bonchev–Trinajstić information content (AvgIpc) is 2.73. The molecule has 0 fully saturated rings. The first-order valence-corrected chi connectivity index (χ1v) is 6.61. The van der Waals surface area contributed by atoms with Crippen molar-refractivity contribution in [3.05, 3.63) is 58.4 Å². The molecule has 0 saturated heterocycles. The van der Waals surface area contributed by atoms with Gasteiger partial charge in [-0.05, 0) is 25.0 Å². The van der Waals surface area contributed by atoms with Crippen molar-refractivity contribution in [2.24, 2.45) is 5.92 Å². The number of carbonyl (C=O) groups excluding carboxylic acids is 1. The number of hydrogen-bond donors (Lipinski definition) is 0. The number of benzene rings is 1. The molecule has 2 atom stereocenters. The minimum absolute atomic E-state index is 0.00945. The van der Waals surface area contributed by atoms with E-state index in [0.29, 0.717) is 5.39 Å². The van der Waals surface area contributed by atoms with E-state index in [1.807, 2.05) is 18.2 Å². The number of aromatic nitrogens is 1. The Labute approximate surface area is 110 Å². The predicted octanol–water partition coefficient (Wildman–Crippen LogP) is 2.71. The number of hydrogen-bond acceptors (Lipinski definition) is 2. The van der Waals surface area contributed by atoms with Gasteiger partial charge in [0.2, 0.25) is 5.91 Å². The first-order valence-electron chi connectivity index (χ1n) is 6.61. The largest absolute Gasteiger partial charge is 0.289 e. The van der Waals surface area contributed by atoms with E-state index in [1.165, 1.54) is 0 Å². The van der Waals surface area contributed by atoms with Crippen LogP contribution in [0, 0.1) is 5.92 Å². The molecule has 0 amide bonds. The lowest BCUT2D eigenvalue weighted by Crippen LogP contribution is -2.18. The molecule has 0 bridgehead atoms. The van der Waals surface area contributed by atoms with E-state index in [9.17, 15) is 9.59 Å². The van der Waals surface area contributed by atoms with Crippen LogP contribution in [0.4, 0.5) is 0 Å². The number of nitrogens with zero attached hydrogens (tertiary/aromatic N) is 1. The molecule has 3 heteroatoms.